The molecule has 0 bridgehead atoms. The van der Waals surface area contributed by atoms with Crippen LogP contribution in [0.15, 0.2) is 36.5 Å². The fourth-order valence-electron chi connectivity index (χ4n) is 4.14. The van der Waals surface area contributed by atoms with Gasteiger partial charge in [-0.3, -0.25) is 10.9 Å². The van der Waals surface area contributed by atoms with Gasteiger partial charge >= 0.3 is 6.18 Å². The second kappa shape index (κ2) is 8.30. The number of nitrogens with one attached hydrogen (secondary N) is 2. The van der Waals surface area contributed by atoms with Gasteiger partial charge in [0.1, 0.15) is 5.82 Å². The minimum atomic E-state index is -4.44. The number of nitrogens with zero attached hydrogens (tertiary/aromatic N) is 2. The summed E-state index contributed by atoms with van der Waals surface area (Å²) in [7, 11) is 0. The quantitative estimate of drug-likeness (QED) is 0.679. The SMILES string of the molecule is FC(F)(F)c1cnc(N2CCC(C3CC(c4ccc(Cl)cc4)NN3)CC2)c(Cl)c1. The fraction of sp³-hybridized carbons (Fsp3) is 0.450. The topological polar surface area (TPSA) is 40.2 Å². The van der Waals surface area contributed by atoms with Crippen LogP contribution in [0.2, 0.25) is 10.0 Å². The van der Waals surface area contributed by atoms with Crippen molar-refractivity contribution in [2.24, 2.45) is 5.92 Å². The van der Waals surface area contributed by atoms with Crippen molar-refractivity contribution in [3.63, 3.8) is 0 Å². The molecule has 2 aromatic rings. The van der Waals surface area contributed by atoms with E-state index in [1.54, 1.807) is 0 Å². The van der Waals surface area contributed by atoms with Gasteiger partial charge in [-0.2, -0.15) is 13.2 Å². The van der Waals surface area contributed by atoms with Gasteiger partial charge < -0.3 is 4.90 Å². The summed E-state index contributed by atoms with van der Waals surface area (Å²) in [6.07, 6.45) is -0.764. The summed E-state index contributed by atoms with van der Waals surface area (Å²) in [6, 6.07) is 9.39. The Bertz CT molecular complexity index is 852. The van der Waals surface area contributed by atoms with Crippen molar-refractivity contribution in [2.75, 3.05) is 18.0 Å². The smallest absolute Gasteiger partial charge is 0.355 e. The lowest BCUT2D eigenvalue weighted by Crippen LogP contribution is -2.43. The molecule has 2 saturated heterocycles. The normalized spacial score (nSPS) is 23.6. The molecule has 29 heavy (non-hydrogen) atoms. The molecule has 0 amide bonds. The molecule has 2 atom stereocenters. The lowest BCUT2D eigenvalue weighted by atomic mass is 9.86. The first-order chi connectivity index (χ1) is 13.8. The number of benzene rings is 1. The Balaban J connectivity index is 1.35. The zero-order valence-corrected chi connectivity index (χ0v) is 17.0. The molecular formula is C20H21Cl2F3N4. The van der Waals surface area contributed by atoms with Crippen LogP contribution in [0.4, 0.5) is 19.0 Å². The zero-order chi connectivity index (χ0) is 20.6. The molecular weight excluding hydrogens is 424 g/mol. The molecule has 0 saturated carbocycles. The molecule has 156 valence electrons. The summed E-state index contributed by atoms with van der Waals surface area (Å²) >= 11 is 12.1. The highest BCUT2D eigenvalue weighted by molar-refractivity contribution is 6.33. The van der Waals surface area contributed by atoms with E-state index in [0.717, 1.165) is 36.5 Å². The largest absolute Gasteiger partial charge is 0.417 e. The van der Waals surface area contributed by atoms with Gasteiger partial charge in [0.05, 0.1) is 10.6 Å². The van der Waals surface area contributed by atoms with Gasteiger partial charge in [0, 0.05) is 36.4 Å². The molecule has 2 unspecified atom stereocenters. The van der Waals surface area contributed by atoms with Crippen LogP contribution in [0.25, 0.3) is 0 Å². The number of aromatic nitrogens is 1. The third-order valence-corrected chi connectivity index (χ3v) is 6.29. The number of pyridine rings is 1. The van der Waals surface area contributed by atoms with Gasteiger partial charge in [-0.15, -0.1) is 0 Å². The number of hydrogen-bond donors (Lipinski definition) is 2. The summed E-state index contributed by atoms with van der Waals surface area (Å²) in [6.45, 7) is 1.43. The Morgan fingerprint density at radius 1 is 1.03 bits per heavy atom. The summed E-state index contributed by atoms with van der Waals surface area (Å²) in [5, 5.41) is 0.765. The molecule has 2 aliphatic rings. The number of hydrogen-bond acceptors (Lipinski definition) is 4. The van der Waals surface area contributed by atoms with Crippen LogP contribution >= 0.6 is 23.2 Å². The van der Waals surface area contributed by atoms with Crippen molar-refractivity contribution in [1.82, 2.24) is 15.8 Å². The molecule has 1 aromatic carbocycles. The van der Waals surface area contributed by atoms with Gasteiger partial charge in [0.25, 0.3) is 0 Å². The van der Waals surface area contributed by atoms with Crippen LogP contribution in [0.5, 0.6) is 0 Å². The molecule has 2 fully saturated rings. The lowest BCUT2D eigenvalue weighted by molar-refractivity contribution is -0.137. The van der Waals surface area contributed by atoms with E-state index < -0.39 is 11.7 Å². The first kappa shape index (κ1) is 20.7. The number of alkyl halides is 3. The number of rotatable bonds is 3. The van der Waals surface area contributed by atoms with E-state index >= 15 is 0 Å². The summed E-state index contributed by atoms with van der Waals surface area (Å²) in [5.41, 5.74) is 7.15. The standard InChI is InChI=1S/C20H21Cl2F3N4/c21-15-3-1-12(2-4-15)17-10-18(28-27-17)13-5-7-29(8-6-13)19-16(22)9-14(11-26-19)20(23,24)25/h1-4,9,11,13,17-18,27-28H,5-8,10H2. The molecule has 2 aliphatic heterocycles. The third kappa shape index (κ3) is 4.63. The van der Waals surface area contributed by atoms with Crippen molar-refractivity contribution < 1.29 is 13.2 Å². The monoisotopic (exact) mass is 444 g/mol. The number of halogens is 5. The number of piperidine rings is 1. The van der Waals surface area contributed by atoms with Crippen LogP contribution in [0.3, 0.4) is 0 Å². The van der Waals surface area contributed by atoms with Crippen LogP contribution in [0, 0.1) is 5.92 Å². The predicted octanol–water partition coefficient (Wildman–Crippen LogP) is 5.23. The van der Waals surface area contributed by atoms with Crippen LogP contribution in [-0.4, -0.2) is 24.1 Å². The van der Waals surface area contributed by atoms with E-state index in [9.17, 15) is 13.2 Å². The summed E-state index contributed by atoms with van der Waals surface area (Å²) in [4.78, 5) is 5.96. The van der Waals surface area contributed by atoms with E-state index in [-0.39, 0.29) is 11.1 Å². The van der Waals surface area contributed by atoms with E-state index in [0.29, 0.717) is 30.9 Å². The Kier molecular flexibility index (Phi) is 5.93. The van der Waals surface area contributed by atoms with Crippen LogP contribution in [-0.2, 0) is 6.18 Å². The Morgan fingerprint density at radius 3 is 2.34 bits per heavy atom. The van der Waals surface area contributed by atoms with E-state index in [4.69, 9.17) is 23.2 Å². The maximum Gasteiger partial charge on any atom is 0.417 e. The predicted molar refractivity (Wildman–Crippen MR) is 108 cm³/mol. The van der Waals surface area contributed by atoms with Crippen molar-refractivity contribution in [3.05, 3.63) is 57.7 Å². The van der Waals surface area contributed by atoms with Crippen molar-refractivity contribution >= 4 is 29.0 Å². The van der Waals surface area contributed by atoms with Crippen LogP contribution in [0.1, 0.15) is 36.4 Å². The van der Waals surface area contributed by atoms with Crippen molar-refractivity contribution in [1.29, 1.82) is 0 Å². The van der Waals surface area contributed by atoms with Gasteiger partial charge in [0.2, 0.25) is 0 Å². The first-order valence-electron chi connectivity index (χ1n) is 9.55. The molecule has 0 radical (unpaired) electrons. The van der Waals surface area contributed by atoms with Gasteiger partial charge in [-0.25, -0.2) is 4.98 Å². The zero-order valence-electron chi connectivity index (χ0n) is 15.5. The second-order valence-electron chi connectivity index (χ2n) is 7.59. The maximum absolute atomic E-state index is 12.8. The van der Waals surface area contributed by atoms with Gasteiger partial charge in [-0.05, 0) is 48.9 Å². The Hall–Kier alpha value is -1.54. The number of hydrazine groups is 1. The molecule has 9 heteroatoms. The highest BCUT2D eigenvalue weighted by atomic mass is 35.5. The molecule has 0 aliphatic carbocycles. The maximum atomic E-state index is 12.8. The van der Waals surface area contributed by atoms with E-state index in [1.165, 1.54) is 5.56 Å². The average molecular weight is 445 g/mol. The van der Waals surface area contributed by atoms with E-state index in [2.05, 4.69) is 15.8 Å². The average Bonchev–Trinajstić information content (AvgIpc) is 3.18. The van der Waals surface area contributed by atoms with Gasteiger partial charge in [-0.1, -0.05) is 35.3 Å². The Morgan fingerprint density at radius 2 is 1.72 bits per heavy atom. The van der Waals surface area contributed by atoms with Crippen LogP contribution < -0.4 is 15.8 Å². The Labute approximate surface area is 177 Å². The molecule has 3 heterocycles. The molecule has 1 aromatic heterocycles. The van der Waals surface area contributed by atoms with Gasteiger partial charge in [0.15, 0.2) is 0 Å². The highest BCUT2D eigenvalue weighted by Gasteiger charge is 2.35. The van der Waals surface area contributed by atoms with Crippen molar-refractivity contribution in [3.8, 4) is 0 Å². The molecule has 2 N–H and O–H groups in total. The fourth-order valence-corrected chi connectivity index (χ4v) is 4.55. The van der Waals surface area contributed by atoms with Crippen molar-refractivity contribution in [2.45, 2.75) is 37.5 Å². The van der Waals surface area contributed by atoms with E-state index in [1.807, 2.05) is 29.2 Å². The lowest BCUT2D eigenvalue weighted by Gasteiger charge is -2.35. The summed E-state index contributed by atoms with van der Waals surface area (Å²) < 4.78 is 38.4. The number of anilines is 1. The first-order valence-corrected chi connectivity index (χ1v) is 10.3. The minimum Gasteiger partial charge on any atom is -0.355 e. The second-order valence-corrected chi connectivity index (χ2v) is 8.43. The highest BCUT2D eigenvalue weighted by Crippen LogP contribution is 2.36. The molecule has 0 spiro atoms. The summed E-state index contributed by atoms with van der Waals surface area (Å²) in [5.74, 6) is 0.902. The molecule has 4 nitrogen and oxygen atoms in total. The third-order valence-electron chi connectivity index (χ3n) is 5.76. The minimum absolute atomic E-state index is 0.0433. The molecule has 4 rings (SSSR count).